The first-order valence-corrected chi connectivity index (χ1v) is 13.8. The summed E-state index contributed by atoms with van der Waals surface area (Å²) in [7, 11) is 0. The number of halogens is 1. The van der Waals surface area contributed by atoms with Crippen molar-refractivity contribution in [1.82, 2.24) is 4.98 Å². The third-order valence-electron chi connectivity index (χ3n) is 7.38. The van der Waals surface area contributed by atoms with Crippen molar-refractivity contribution < 1.29 is 23.1 Å². The van der Waals surface area contributed by atoms with Crippen LogP contribution in [0.4, 0.5) is 15.2 Å². The van der Waals surface area contributed by atoms with E-state index in [4.69, 9.17) is 14.1 Å². The van der Waals surface area contributed by atoms with Gasteiger partial charge in [-0.3, -0.25) is 19.3 Å². The van der Waals surface area contributed by atoms with E-state index in [1.807, 2.05) is 19.9 Å². The van der Waals surface area contributed by atoms with Crippen LogP contribution < -0.4 is 20.0 Å². The summed E-state index contributed by atoms with van der Waals surface area (Å²) in [4.78, 5) is 50.7. The number of hydrogen-bond acceptors (Lipinski definition) is 7. The Bertz CT molecular complexity index is 1950. The maximum absolute atomic E-state index is 14.6. The van der Waals surface area contributed by atoms with Crippen LogP contribution in [0.25, 0.3) is 21.2 Å². The quantitative estimate of drug-likeness (QED) is 0.280. The molecule has 8 nitrogen and oxygen atoms in total. The molecule has 1 unspecified atom stereocenters. The Balaban J connectivity index is 1.58. The summed E-state index contributed by atoms with van der Waals surface area (Å²) in [6.45, 7) is 4.69. The second-order valence-electron chi connectivity index (χ2n) is 9.66. The Kier molecular flexibility index (Phi) is 5.33. The number of para-hydroxylation sites is 1. The summed E-state index contributed by atoms with van der Waals surface area (Å²) in [5.74, 6) is -1.35. The fourth-order valence-corrected chi connectivity index (χ4v) is 6.87. The van der Waals surface area contributed by atoms with Crippen molar-refractivity contribution in [2.24, 2.45) is 0 Å². The van der Waals surface area contributed by atoms with E-state index in [-0.39, 0.29) is 27.4 Å². The van der Waals surface area contributed by atoms with Crippen molar-refractivity contribution in [3.63, 3.8) is 0 Å². The molecule has 0 saturated carbocycles. The summed E-state index contributed by atoms with van der Waals surface area (Å²) < 4.78 is 26.7. The van der Waals surface area contributed by atoms with Crippen LogP contribution in [-0.2, 0) is 10.3 Å². The Morgan fingerprint density at radius 1 is 1.05 bits per heavy atom. The summed E-state index contributed by atoms with van der Waals surface area (Å²) in [5, 5.41) is 0.189. The molecule has 0 N–H and O–H groups in total. The third kappa shape index (κ3) is 3.10. The molecule has 2 aliphatic heterocycles. The number of benzene rings is 3. The highest BCUT2D eigenvalue weighted by atomic mass is 32.1. The first-order valence-electron chi connectivity index (χ1n) is 13.0. The highest BCUT2D eigenvalue weighted by molar-refractivity contribution is 7.22. The van der Waals surface area contributed by atoms with Gasteiger partial charge in [0.2, 0.25) is 5.76 Å². The molecule has 2 amide bonds. The predicted octanol–water partition coefficient (Wildman–Crippen LogP) is 5.60. The second-order valence-corrected chi connectivity index (χ2v) is 10.7. The average Bonchev–Trinajstić information content (AvgIpc) is 3.55. The van der Waals surface area contributed by atoms with E-state index in [0.717, 1.165) is 16.8 Å². The molecule has 4 heterocycles. The Labute approximate surface area is 231 Å². The van der Waals surface area contributed by atoms with Crippen molar-refractivity contribution in [1.29, 1.82) is 0 Å². The molecule has 1 atom stereocenters. The first-order chi connectivity index (χ1) is 19.4. The van der Waals surface area contributed by atoms with Gasteiger partial charge >= 0.3 is 0 Å². The van der Waals surface area contributed by atoms with E-state index < -0.39 is 28.6 Å². The van der Waals surface area contributed by atoms with E-state index in [9.17, 15) is 18.8 Å². The molecule has 0 saturated heterocycles. The minimum atomic E-state index is -1.87. The largest absolute Gasteiger partial charge is 0.494 e. The fourth-order valence-electron chi connectivity index (χ4n) is 5.83. The maximum Gasteiger partial charge on any atom is 0.297 e. The summed E-state index contributed by atoms with van der Waals surface area (Å²) in [5.41, 5.74) is -0.885. The normalized spacial score (nSPS) is 17.9. The van der Waals surface area contributed by atoms with Gasteiger partial charge in [0.15, 0.2) is 16.1 Å². The number of ether oxygens (including phenoxy) is 1. The van der Waals surface area contributed by atoms with Gasteiger partial charge in [0.1, 0.15) is 17.1 Å². The minimum absolute atomic E-state index is 0.0438. The number of carbonyl (C=O) groups is 2. The number of fused-ring (bicyclic) bond motifs is 6. The molecule has 2 aromatic heterocycles. The van der Waals surface area contributed by atoms with Crippen LogP contribution in [0.1, 0.15) is 41.9 Å². The number of thiazole rings is 1. The lowest BCUT2D eigenvalue weighted by Gasteiger charge is -2.32. The van der Waals surface area contributed by atoms with Crippen molar-refractivity contribution in [2.45, 2.75) is 25.8 Å². The molecule has 0 aliphatic carbocycles. The van der Waals surface area contributed by atoms with Gasteiger partial charge in [0, 0.05) is 12.1 Å². The molecule has 0 fully saturated rings. The van der Waals surface area contributed by atoms with Gasteiger partial charge in [-0.1, -0.05) is 36.5 Å². The summed E-state index contributed by atoms with van der Waals surface area (Å²) >= 11 is 1.21. The van der Waals surface area contributed by atoms with E-state index in [2.05, 4.69) is 0 Å². The van der Waals surface area contributed by atoms with E-state index in [1.165, 1.54) is 22.3 Å². The van der Waals surface area contributed by atoms with Gasteiger partial charge < -0.3 is 14.1 Å². The van der Waals surface area contributed by atoms with Crippen LogP contribution in [0.2, 0.25) is 0 Å². The number of hydrogen-bond donors (Lipinski definition) is 0. The number of anilines is 2. The van der Waals surface area contributed by atoms with Gasteiger partial charge in [0.05, 0.1) is 33.5 Å². The van der Waals surface area contributed by atoms with Crippen LogP contribution in [0.3, 0.4) is 0 Å². The van der Waals surface area contributed by atoms with Crippen LogP contribution in [0, 0.1) is 5.82 Å². The molecule has 0 radical (unpaired) electrons. The molecule has 10 heteroatoms. The zero-order valence-corrected chi connectivity index (χ0v) is 22.4. The second kappa shape index (κ2) is 8.72. The number of aromatic nitrogens is 1. The van der Waals surface area contributed by atoms with Gasteiger partial charge in [-0.2, -0.15) is 0 Å². The summed E-state index contributed by atoms with van der Waals surface area (Å²) in [6.07, 6.45) is 0.649. The number of rotatable bonds is 5. The Hall–Kier alpha value is -4.57. The van der Waals surface area contributed by atoms with Gasteiger partial charge in [-0.25, -0.2) is 9.37 Å². The van der Waals surface area contributed by atoms with Crippen LogP contribution >= 0.6 is 11.3 Å². The number of amides is 2. The van der Waals surface area contributed by atoms with Gasteiger partial charge in [-0.05, 0) is 55.8 Å². The lowest BCUT2D eigenvalue weighted by atomic mass is 9.84. The molecule has 200 valence electrons. The smallest absolute Gasteiger partial charge is 0.297 e. The van der Waals surface area contributed by atoms with Crippen molar-refractivity contribution in [3.05, 3.63) is 93.6 Å². The molecule has 40 heavy (non-hydrogen) atoms. The Morgan fingerprint density at radius 2 is 1.88 bits per heavy atom. The molecule has 7 rings (SSSR count). The topological polar surface area (TPSA) is 93.0 Å². The molecular weight excluding hydrogens is 533 g/mol. The van der Waals surface area contributed by atoms with Crippen LogP contribution in [-0.4, -0.2) is 29.9 Å². The van der Waals surface area contributed by atoms with Crippen molar-refractivity contribution >= 4 is 55.2 Å². The highest BCUT2D eigenvalue weighted by Crippen LogP contribution is 2.54. The zero-order valence-electron chi connectivity index (χ0n) is 21.6. The molecule has 2 aliphatic rings. The van der Waals surface area contributed by atoms with Crippen molar-refractivity contribution in [2.75, 3.05) is 23.0 Å². The highest BCUT2D eigenvalue weighted by Gasteiger charge is 2.66. The molecule has 0 bridgehead atoms. The Morgan fingerprint density at radius 3 is 2.67 bits per heavy atom. The third-order valence-corrected chi connectivity index (χ3v) is 8.39. The monoisotopic (exact) mass is 555 g/mol. The number of carbonyl (C=O) groups excluding carboxylic acids is 2. The van der Waals surface area contributed by atoms with E-state index in [1.54, 1.807) is 41.3 Å². The van der Waals surface area contributed by atoms with Crippen LogP contribution in [0.15, 0.2) is 69.9 Å². The predicted molar refractivity (Wildman–Crippen MR) is 150 cm³/mol. The van der Waals surface area contributed by atoms with Gasteiger partial charge in [-0.15, -0.1) is 0 Å². The molecule has 1 spiro atoms. The first kappa shape index (κ1) is 24.5. The molecular formula is C30H22FN3O5S. The maximum atomic E-state index is 14.6. The SMILES string of the molecule is CCCN1C(=O)C2(c3ccccc31)c1c(oc3ccc(F)cc3c1=O)C(=O)N2c1nc2ccc(OCC)cc2s1. The lowest BCUT2D eigenvalue weighted by molar-refractivity contribution is -0.121. The van der Waals surface area contributed by atoms with E-state index in [0.29, 0.717) is 42.1 Å². The summed E-state index contributed by atoms with van der Waals surface area (Å²) in [6, 6.07) is 16.1. The zero-order chi connectivity index (χ0) is 27.8. The molecule has 3 aromatic carbocycles. The fraction of sp³-hybridized carbons (Fsp3) is 0.200. The average molecular weight is 556 g/mol. The number of nitrogens with zero attached hydrogens (tertiary/aromatic N) is 3. The standard InChI is InChI=1S/C30H22FN3O5S/c1-3-13-33-21-8-6-5-7-19(21)30(28(33)37)24-25(35)18-14-16(31)9-12-22(18)39-26(24)27(36)34(30)29-32-20-11-10-17(38-4-2)15-23(20)40-29/h5-12,14-15H,3-4,13H2,1-2H3. The van der Waals surface area contributed by atoms with E-state index >= 15 is 0 Å². The van der Waals surface area contributed by atoms with Crippen molar-refractivity contribution in [3.8, 4) is 5.75 Å². The van der Waals surface area contributed by atoms with Gasteiger partial charge in [0.25, 0.3) is 11.8 Å². The lowest BCUT2D eigenvalue weighted by Crippen LogP contribution is -2.53. The minimum Gasteiger partial charge on any atom is -0.494 e. The van der Waals surface area contributed by atoms with Crippen LogP contribution in [0.5, 0.6) is 5.75 Å². The molecule has 5 aromatic rings.